The zero-order valence-electron chi connectivity index (χ0n) is 15.1. The summed E-state index contributed by atoms with van der Waals surface area (Å²) in [5.41, 5.74) is 3.81. The molecule has 0 aliphatic heterocycles. The molecule has 1 amide bonds. The van der Waals surface area contributed by atoms with Crippen LogP contribution in [0.2, 0.25) is 0 Å². The molecule has 3 rings (SSSR count). The van der Waals surface area contributed by atoms with Crippen molar-refractivity contribution in [1.29, 1.82) is 0 Å². The first-order valence-corrected chi connectivity index (χ1v) is 8.54. The molecule has 0 bridgehead atoms. The average molecular weight is 351 g/mol. The molecule has 1 N–H and O–H groups in total. The Morgan fingerprint density at radius 1 is 1.19 bits per heavy atom. The summed E-state index contributed by atoms with van der Waals surface area (Å²) < 4.78 is 6.91. The molecular formula is C20H21N3O3. The van der Waals surface area contributed by atoms with Gasteiger partial charge >= 0.3 is 5.97 Å². The first-order chi connectivity index (χ1) is 12.5. The summed E-state index contributed by atoms with van der Waals surface area (Å²) in [5, 5.41) is 2.84. The number of hydrogen-bond acceptors (Lipinski definition) is 4. The van der Waals surface area contributed by atoms with Crippen LogP contribution in [-0.2, 0) is 4.74 Å². The van der Waals surface area contributed by atoms with Crippen molar-refractivity contribution in [2.75, 3.05) is 11.9 Å². The number of benzene rings is 1. The van der Waals surface area contributed by atoms with Crippen molar-refractivity contribution in [2.45, 2.75) is 27.2 Å². The van der Waals surface area contributed by atoms with Crippen LogP contribution in [0.1, 0.15) is 45.4 Å². The Labute approximate surface area is 151 Å². The van der Waals surface area contributed by atoms with Crippen molar-refractivity contribution in [3.8, 4) is 0 Å². The number of imidazole rings is 1. The molecule has 0 fully saturated rings. The van der Waals surface area contributed by atoms with Crippen LogP contribution < -0.4 is 5.32 Å². The number of amides is 1. The van der Waals surface area contributed by atoms with Crippen molar-refractivity contribution in [3.63, 3.8) is 0 Å². The van der Waals surface area contributed by atoms with Crippen molar-refractivity contribution in [2.24, 2.45) is 0 Å². The second-order valence-corrected chi connectivity index (χ2v) is 6.10. The number of carbonyl (C=O) groups excluding carboxylic acids is 2. The van der Waals surface area contributed by atoms with E-state index in [-0.39, 0.29) is 5.91 Å². The summed E-state index contributed by atoms with van der Waals surface area (Å²) in [6, 6.07) is 10.6. The van der Waals surface area contributed by atoms with Gasteiger partial charge in [0.25, 0.3) is 5.91 Å². The zero-order chi connectivity index (χ0) is 18.7. The number of esters is 1. The fraction of sp³-hybridized carbons (Fsp3) is 0.250. The number of fused-ring (bicyclic) bond motifs is 1. The highest BCUT2D eigenvalue weighted by atomic mass is 16.5. The third-order valence-electron chi connectivity index (χ3n) is 4.03. The van der Waals surface area contributed by atoms with Crippen molar-refractivity contribution >= 4 is 23.2 Å². The first-order valence-electron chi connectivity index (χ1n) is 8.54. The Morgan fingerprint density at radius 2 is 2.00 bits per heavy atom. The lowest BCUT2D eigenvalue weighted by Gasteiger charge is -2.08. The maximum Gasteiger partial charge on any atom is 0.338 e. The summed E-state index contributed by atoms with van der Waals surface area (Å²) in [5.74, 6) is -0.677. The minimum absolute atomic E-state index is 0.278. The van der Waals surface area contributed by atoms with Crippen LogP contribution >= 0.6 is 0 Å². The number of aromatic nitrogens is 2. The van der Waals surface area contributed by atoms with E-state index in [1.54, 1.807) is 35.6 Å². The molecule has 0 saturated carbocycles. The van der Waals surface area contributed by atoms with E-state index < -0.39 is 5.97 Å². The van der Waals surface area contributed by atoms with Crippen molar-refractivity contribution in [3.05, 3.63) is 65.1 Å². The van der Waals surface area contributed by atoms with Crippen LogP contribution in [0.4, 0.5) is 5.69 Å². The second kappa shape index (κ2) is 7.39. The SMILES string of the molecule is CCCOC(=O)c1cccc(NC(=O)c2c(C)nc3c(C)cccn23)c1. The van der Waals surface area contributed by atoms with E-state index in [2.05, 4.69) is 10.3 Å². The highest BCUT2D eigenvalue weighted by Gasteiger charge is 2.18. The molecule has 6 heteroatoms. The van der Waals surface area contributed by atoms with Gasteiger partial charge in [0.1, 0.15) is 11.3 Å². The van der Waals surface area contributed by atoms with Crippen molar-refractivity contribution < 1.29 is 14.3 Å². The number of anilines is 1. The van der Waals surface area contributed by atoms with Gasteiger partial charge in [-0.05, 0) is 50.1 Å². The molecule has 0 aliphatic carbocycles. The van der Waals surface area contributed by atoms with Crippen LogP contribution in [0, 0.1) is 13.8 Å². The summed E-state index contributed by atoms with van der Waals surface area (Å²) in [7, 11) is 0. The standard InChI is InChI=1S/C20H21N3O3/c1-4-11-26-20(25)15-8-5-9-16(12-15)22-19(24)17-14(3)21-18-13(2)7-6-10-23(17)18/h5-10,12H,4,11H2,1-3H3,(H,22,24). The normalized spacial score (nSPS) is 10.7. The molecular weight excluding hydrogens is 330 g/mol. The number of nitrogens with zero attached hydrogens (tertiary/aromatic N) is 2. The Balaban J connectivity index is 1.86. The number of rotatable bonds is 5. The fourth-order valence-corrected chi connectivity index (χ4v) is 2.78. The van der Waals surface area contributed by atoms with Gasteiger partial charge in [0.05, 0.1) is 17.9 Å². The van der Waals surface area contributed by atoms with Gasteiger partial charge in [-0.15, -0.1) is 0 Å². The molecule has 0 saturated heterocycles. The molecule has 6 nitrogen and oxygen atoms in total. The molecule has 0 spiro atoms. The Kier molecular flexibility index (Phi) is 5.02. The molecule has 1 aromatic carbocycles. The van der Waals surface area contributed by atoms with Gasteiger partial charge in [0.2, 0.25) is 0 Å². The largest absolute Gasteiger partial charge is 0.462 e. The number of aryl methyl sites for hydroxylation is 2. The van der Waals surface area contributed by atoms with Crippen molar-refractivity contribution in [1.82, 2.24) is 9.38 Å². The maximum absolute atomic E-state index is 12.8. The lowest BCUT2D eigenvalue weighted by atomic mass is 10.2. The molecule has 26 heavy (non-hydrogen) atoms. The van der Waals surface area contributed by atoms with Crippen LogP contribution in [0.15, 0.2) is 42.6 Å². The maximum atomic E-state index is 12.8. The lowest BCUT2D eigenvalue weighted by molar-refractivity contribution is 0.0505. The van der Waals surface area contributed by atoms with Gasteiger partial charge in [-0.25, -0.2) is 9.78 Å². The topological polar surface area (TPSA) is 72.7 Å². The number of nitrogens with one attached hydrogen (secondary N) is 1. The van der Waals surface area contributed by atoms with Gasteiger partial charge < -0.3 is 10.1 Å². The number of carbonyl (C=O) groups is 2. The monoisotopic (exact) mass is 351 g/mol. The van der Waals surface area contributed by atoms with Crippen LogP contribution in [0.25, 0.3) is 5.65 Å². The van der Waals surface area contributed by atoms with E-state index in [4.69, 9.17) is 4.74 Å². The van der Waals surface area contributed by atoms with Crippen LogP contribution in [0.3, 0.4) is 0 Å². The molecule has 0 unspecified atom stereocenters. The Hall–Kier alpha value is -3.15. The number of pyridine rings is 1. The van der Waals surface area contributed by atoms with E-state index in [9.17, 15) is 9.59 Å². The van der Waals surface area contributed by atoms with Crippen LogP contribution in [-0.4, -0.2) is 27.9 Å². The van der Waals surface area contributed by atoms with Crippen LogP contribution in [0.5, 0.6) is 0 Å². The highest BCUT2D eigenvalue weighted by molar-refractivity contribution is 6.05. The smallest absolute Gasteiger partial charge is 0.338 e. The molecule has 0 atom stereocenters. The lowest BCUT2D eigenvalue weighted by Crippen LogP contribution is -2.16. The zero-order valence-corrected chi connectivity index (χ0v) is 15.1. The fourth-order valence-electron chi connectivity index (χ4n) is 2.78. The van der Waals surface area contributed by atoms with E-state index in [0.717, 1.165) is 17.6 Å². The molecule has 134 valence electrons. The van der Waals surface area contributed by atoms with Gasteiger partial charge in [-0.3, -0.25) is 9.20 Å². The van der Waals surface area contributed by atoms with E-state index in [1.165, 1.54) is 0 Å². The van der Waals surface area contributed by atoms with Gasteiger partial charge in [-0.1, -0.05) is 19.1 Å². The van der Waals surface area contributed by atoms with Gasteiger partial charge in [0.15, 0.2) is 0 Å². The third-order valence-corrected chi connectivity index (χ3v) is 4.03. The second-order valence-electron chi connectivity index (χ2n) is 6.10. The predicted octanol–water partition coefficient (Wildman–Crippen LogP) is 3.77. The van der Waals surface area contributed by atoms with E-state index in [0.29, 0.717) is 29.2 Å². The quantitative estimate of drug-likeness (QED) is 0.710. The number of hydrogen-bond donors (Lipinski definition) is 1. The number of ether oxygens (including phenoxy) is 1. The highest BCUT2D eigenvalue weighted by Crippen LogP contribution is 2.18. The summed E-state index contributed by atoms with van der Waals surface area (Å²) in [4.78, 5) is 29.3. The Bertz CT molecular complexity index is 976. The molecule has 2 aromatic heterocycles. The van der Waals surface area contributed by atoms with Gasteiger partial charge in [-0.2, -0.15) is 0 Å². The third kappa shape index (κ3) is 3.44. The Morgan fingerprint density at radius 3 is 2.77 bits per heavy atom. The predicted molar refractivity (Wildman–Crippen MR) is 99.6 cm³/mol. The minimum atomic E-state index is -0.399. The van der Waals surface area contributed by atoms with E-state index >= 15 is 0 Å². The summed E-state index contributed by atoms with van der Waals surface area (Å²) in [6.45, 7) is 6.06. The minimum Gasteiger partial charge on any atom is -0.462 e. The average Bonchev–Trinajstić information content (AvgIpc) is 2.97. The van der Waals surface area contributed by atoms with Gasteiger partial charge in [0, 0.05) is 11.9 Å². The molecule has 2 heterocycles. The van der Waals surface area contributed by atoms with E-state index in [1.807, 2.05) is 32.2 Å². The molecule has 0 aliphatic rings. The first kappa shape index (κ1) is 17.7. The summed E-state index contributed by atoms with van der Waals surface area (Å²) >= 11 is 0. The summed E-state index contributed by atoms with van der Waals surface area (Å²) in [6.07, 6.45) is 2.57. The molecule has 3 aromatic rings. The molecule has 0 radical (unpaired) electrons.